The third kappa shape index (κ3) is 3.26. The Bertz CT molecular complexity index is 447. The second kappa shape index (κ2) is 6.06. The number of aryl methyl sites for hydroxylation is 1. The zero-order chi connectivity index (χ0) is 13.8. The summed E-state index contributed by atoms with van der Waals surface area (Å²) in [6, 6.07) is 8.45. The van der Waals surface area contributed by atoms with E-state index < -0.39 is 0 Å². The zero-order valence-electron chi connectivity index (χ0n) is 11.9. The molecule has 1 aromatic rings. The lowest BCUT2D eigenvalue weighted by Gasteiger charge is -2.30. The number of nitrogens with zero attached hydrogens (tertiary/aromatic N) is 1. The number of hydrogen-bond acceptors (Lipinski definition) is 3. The highest BCUT2D eigenvalue weighted by atomic mass is 16.2. The van der Waals surface area contributed by atoms with E-state index in [-0.39, 0.29) is 18.0 Å². The van der Waals surface area contributed by atoms with Crippen LogP contribution < -0.4 is 15.5 Å². The Hall–Kier alpha value is -1.55. The van der Waals surface area contributed by atoms with Crippen LogP contribution >= 0.6 is 0 Å². The predicted octanol–water partition coefficient (Wildman–Crippen LogP) is 1.30. The van der Waals surface area contributed by atoms with Gasteiger partial charge in [-0.2, -0.15) is 0 Å². The van der Waals surface area contributed by atoms with Crippen LogP contribution in [-0.4, -0.2) is 38.1 Å². The third-order valence-corrected chi connectivity index (χ3v) is 3.60. The van der Waals surface area contributed by atoms with Crippen molar-refractivity contribution in [2.45, 2.75) is 32.4 Å². The molecule has 0 aliphatic carbocycles. The van der Waals surface area contributed by atoms with Gasteiger partial charge in [0.2, 0.25) is 5.91 Å². The van der Waals surface area contributed by atoms with Gasteiger partial charge in [0.25, 0.3) is 0 Å². The molecule has 1 aliphatic rings. The van der Waals surface area contributed by atoms with Gasteiger partial charge in [0.05, 0.1) is 0 Å². The number of hydrogen-bond donors (Lipinski definition) is 2. The minimum atomic E-state index is -0.142. The quantitative estimate of drug-likeness (QED) is 0.862. The predicted molar refractivity (Wildman–Crippen MR) is 78.5 cm³/mol. The molecule has 2 rings (SSSR count). The molecule has 1 heterocycles. The van der Waals surface area contributed by atoms with Crippen LogP contribution in [0.1, 0.15) is 18.9 Å². The third-order valence-electron chi connectivity index (χ3n) is 3.60. The molecule has 0 aromatic heterocycles. The molecule has 2 atom stereocenters. The highest BCUT2D eigenvalue weighted by molar-refractivity contribution is 5.86. The average Bonchev–Trinajstić information content (AvgIpc) is 2.50. The van der Waals surface area contributed by atoms with Crippen molar-refractivity contribution in [1.82, 2.24) is 10.6 Å². The fraction of sp³-hybridized carbons (Fsp3) is 0.533. The Morgan fingerprint density at radius 2 is 2.26 bits per heavy atom. The van der Waals surface area contributed by atoms with E-state index in [4.69, 9.17) is 0 Å². The molecular formula is C15H23N3O. The van der Waals surface area contributed by atoms with Crippen molar-refractivity contribution in [2.24, 2.45) is 0 Å². The van der Waals surface area contributed by atoms with Crippen LogP contribution in [0.15, 0.2) is 24.3 Å². The summed E-state index contributed by atoms with van der Waals surface area (Å²) in [5, 5.41) is 6.19. The van der Waals surface area contributed by atoms with Crippen LogP contribution in [0, 0.1) is 6.92 Å². The highest BCUT2D eigenvalue weighted by Gasteiger charge is 2.29. The van der Waals surface area contributed by atoms with Gasteiger partial charge in [0, 0.05) is 24.8 Å². The maximum atomic E-state index is 12.3. The van der Waals surface area contributed by atoms with E-state index in [1.165, 1.54) is 5.56 Å². The summed E-state index contributed by atoms with van der Waals surface area (Å²) in [7, 11) is 1.88. The zero-order valence-corrected chi connectivity index (χ0v) is 11.9. The molecule has 0 bridgehead atoms. The first kappa shape index (κ1) is 13.9. The van der Waals surface area contributed by atoms with Crippen LogP contribution in [0.3, 0.4) is 0 Å². The number of amides is 1. The summed E-state index contributed by atoms with van der Waals surface area (Å²) in [6.45, 7) is 5.70. The number of likely N-dealkylation sites (N-methyl/N-ethyl adjacent to an activating group) is 1. The van der Waals surface area contributed by atoms with Crippen molar-refractivity contribution >= 4 is 11.6 Å². The molecule has 4 heteroatoms. The molecule has 0 radical (unpaired) electrons. The molecule has 2 unspecified atom stereocenters. The van der Waals surface area contributed by atoms with Crippen LogP contribution in [0.4, 0.5) is 5.69 Å². The smallest absolute Gasteiger partial charge is 0.244 e. The summed E-state index contributed by atoms with van der Waals surface area (Å²) in [6.07, 6.45) is 0.972. The van der Waals surface area contributed by atoms with Gasteiger partial charge in [0.15, 0.2) is 0 Å². The minimum Gasteiger partial charge on any atom is -0.358 e. The maximum Gasteiger partial charge on any atom is 0.244 e. The minimum absolute atomic E-state index is 0.112. The van der Waals surface area contributed by atoms with Crippen molar-refractivity contribution in [3.63, 3.8) is 0 Å². The molecular weight excluding hydrogens is 238 g/mol. The molecule has 0 saturated carbocycles. The maximum absolute atomic E-state index is 12.3. The van der Waals surface area contributed by atoms with Crippen LogP contribution in [0.25, 0.3) is 0 Å². The molecule has 0 spiro atoms. The summed E-state index contributed by atoms with van der Waals surface area (Å²) in [5.41, 5.74) is 2.35. The fourth-order valence-electron chi connectivity index (χ4n) is 2.55. The highest BCUT2D eigenvalue weighted by Crippen LogP contribution is 2.21. The number of anilines is 1. The molecule has 19 heavy (non-hydrogen) atoms. The van der Waals surface area contributed by atoms with Crippen LogP contribution in [0.5, 0.6) is 0 Å². The van der Waals surface area contributed by atoms with E-state index in [2.05, 4.69) is 47.6 Å². The number of carbonyl (C=O) groups is 1. The fourth-order valence-corrected chi connectivity index (χ4v) is 2.55. The average molecular weight is 261 g/mol. The number of carbonyl (C=O) groups excluding carboxylic acids is 1. The lowest BCUT2D eigenvalue weighted by Crippen LogP contribution is -2.50. The summed E-state index contributed by atoms with van der Waals surface area (Å²) in [4.78, 5) is 14.5. The molecule has 1 amide bonds. The molecule has 2 N–H and O–H groups in total. The normalized spacial score (nSPS) is 23.9. The van der Waals surface area contributed by atoms with E-state index in [0.717, 1.165) is 18.7 Å². The van der Waals surface area contributed by atoms with Gasteiger partial charge in [-0.15, -0.1) is 0 Å². The van der Waals surface area contributed by atoms with Crippen molar-refractivity contribution < 1.29 is 4.79 Å². The Balaban J connectivity index is 2.30. The topological polar surface area (TPSA) is 44.4 Å². The lowest BCUT2D eigenvalue weighted by molar-refractivity contribution is -0.122. The Kier molecular flexibility index (Phi) is 4.43. The summed E-state index contributed by atoms with van der Waals surface area (Å²) in [5.74, 6) is 0.112. The summed E-state index contributed by atoms with van der Waals surface area (Å²) < 4.78 is 0. The first-order valence-corrected chi connectivity index (χ1v) is 6.90. The molecule has 1 saturated heterocycles. The van der Waals surface area contributed by atoms with E-state index in [0.29, 0.717) is 6.54 Å². The van der Waals surface area contributed by atoms with Gasteiger partial charge in [0.1, 0.15) is 6.04 Å². The van der Waals surface area contributed by atoms with Gasteiger partial charge >= 0.3 is 0 Å². The van der Waals surface area contributed by atoms with Gasteiger partial charge in [-0.25, -0.2) is 0 Å². The summed E-state index contributed by atoms with van der Waals surface area (Å²) >= 11 is 0. The van der Waals surface area contributed by atoms with Crippen LogP contribution in [0.2, 0.25) is 0 Å². The Labute approximate surface area is 115 Å². The van der Waals surface area contributed by atoms with Gasteiger partial charge in [-0.05, 0) is 45.0 Å². The number of benzene rings is 1. The first-order valence-electron chi connectivity index (χ1n) is 6.90. The number of nitrogens with one attached hydrogen (secondary N) is 2. The van der Waals surface area contributed by atoms with Crippen molar-refractivity contribution in [3.8, 4) is 0 Å². The molecule has 4 nitrogen and oxygen atoms in total. The molecule has 104 valence electrons. The van der Waals surface area contributed by atoms with Crippen molar-refractivity contribution in [1.29, 1.82) is 0 Å². The molecule has 1 aliphatic heterocycles. The van der Waals surface area contributed by atoms with E-state index in [1.807, 2.05) is 13.1 Å². The van der Waals surface area contributed by atoms with Crippen LogP contribution in [-0.2, 0) is 4.79 Å². The van der Waals surface area contributed by atoms with Crippen molar-refractivity contribution in [2.75, 3.05) is 25.0 Å². The van der Waals surface area contributed by atoms with Gasteiger partial charge in [-0.1, -0.05) is 12.1 Å². The molecule has 1 fully saturated rings. The monoisotopic (exact) mass is 261 g/mol. The molecule has 1 aromatic carbocycles. The van der Waals surface area contributed by atoms with Gasteiger partial charge in [-0.3, -0.25) is 4.79 Å². The van der Waals surface area contributed by atoms with Crippen molar-refractivity contribution in [3.05, 3.63) is 29.8 Å². The SMILES string of the molecule is CNCC1C(=O)NC(C)CCN1c1cccc(C)c1. The van der Waals surface area contributed by atoms with Gasteiger partial charge < -0.3 is 15.5 Å². The van der Waals surface area contributed by atoms with E-state index in [9.17, 15) is 4.79 Å². The second-order valence-corrected chi connectivity index (χ2v) is 5.30. The van der Waals surface area contributed by atoms with E-state index in [1.54, 1.807) is 0 Å². The van der Waals surface area contributed by atoms with E-state index >= 15 is 0 Å². The standard InChI is InChI=1S/C15H23N3O/c1-11-5-4-6-13(9-11)18-8-7-12(2)17-15(19)14(18)10-16-3/h4-6,9,12,14,16H,7-8,10H2,1-3H3,(H,17,19). The number of rotatable bonds is 3. The first-order chi connectivity index (χ1) is 9.11. The second-order valence-electron chi connectivity index (χ2n) is 5.30. The Morgan fingerprint density at radius 3 is 2.95 bits per heavy atom. The largest absolute Gasteiger partial charge is 0.358 e. The lowest BCUT2D eigenvalue weighted by atomic mass is 10.1. The Morgan fingerprint density at radius 1 is 1.47 bits per heavy atom.